The molecule has 0 heterocycles. The highest BCUT2D eigenvalue weighted by molar-refractivity contribution is 7.89. The standard InChI is InChI=1S/C18H24ClNO5S/c1-4-5-13-25-15-7-9-16(10-8-15)26(23,24)20(12-6-11-19)17(14(2)3)18(21)22/h7-10,14,17H,6,11-13H2,1-3H3,(H,21,22). The fourth-order valence-electron chi connectivity index (χ4n) is 2.40. The first-order valence-electron chi connectivity index (χ1n) is 8.18. The molecular formula is C18H24ClNO5S. The zero-order valence-corrected chi connectivity index (χ0v) is 16.7. The number of hydrogen-bond donors (Lipinski definition) is 1. The Balaban J connectivity index is 3.17. The third-order valence-electron chi connectivity index (χ3n) is 3.62. The number of benzene rings is 1. The fourth-order valence-corrected chi connectivity index (χ4v) is 4.27. The lowest BCUT2D eigenvalue weighted by molar-refractivity contribution is -0.143. The van der Waals surface area contributed by atoms with Crippen LogP contribution in [0.25, 0.3) is 0 Å². The number of carboxylic acid groups (broad SMARTS) is 1. The summed E-state index contributed by atoms with van der Waals surface area (Å²) in [6.07, 6.45) is 0.355. The van der Waals surface area contributed by atoms with Crippen LogP contribution in [0.1, 0.15) is 27.2 Å². The van der Waals surface area contributed by atoms with Crippen LogP contribution in [0.2, 0.25) is 0 Å². The van der Waals surface area contributed by atoms with E-state index in [1.807, 2.05) is 0 Å². The van der Waals surface area contributed by atoms with E-state index >= 15 is 0 Å². The minimum absolute atomic E-state index is 0.00731. The lowest BCUT2D eigenvalue weighted by Gasteiger charge is -2.30. The van der Waals surface area contributed by atoms with Gasteiger partial charge in [0.1, 0.15) is 18.4 Å². The first kappa shape index (κ1) is 22.3. The molecule has 26 heavy (non-hydrogen) atoms. The molecule has 144 valence electrons. The number of rotatable bonds is 10. The van der Waals surface area contributed by atoms with Crippen LogP contribution < -0.4 is 4.74 Å². The van der Waals surface area contributed by atoms with E-state index in [1.165, 1.54) is 24.3 Å². The molecular weight excluding hydrogens is 378 g/mol. The first-order valence-corrected chi connectivity index (χ1v) is 10.2. The van der Waals surface area contributed by atoms with Crippen molar-refractivity contribution in [1.82, 2.24) is 4.31 Å². The Morgan fingerprint density at radius 2 is 1.92 bits per heavy atom. The van der Waals surface area contributed by atoms with Gasteiger partial charge in [0.15, 0.2) is 0 Å². The Morgan fingerprint density at radius 3 is 2.38 bits per heavy atom. The third-order valence-corrected chi connectivity index (χ3v) is 5.79. The van der Waals surface area contributed by atoms with Gasteiger partial charge in [-0.15, -0.1) is 17.5 Å². The molecule has 0 spiro atoms. The minimum atomic E-state index is -3.99. The summed E-state index contributed by atoms with van der Waals surface area (Å²) in [7, 11) is -3.99. The third kappa shape index (κ3) is 5.90. The fraction of sp³-hybridized carbons (Fsp3) is 0.500. The van der Waals surface area contributed by atoms with Crippen LogP contribution in [0.3, 0.4) is 0 Å². The molecule has 0 fully saturated rings. The number of halogens is 1. The normalized spacial score (nSPS) is 12.5. The van der Waals surface area contributed by atoms with E-state index in [9.17, 15) is 18.3 Å². The van der Waals surface area contributed by atoms with Gasteiger partial charge in [-0.05, 0) is 43.5 Å². The number of nitrogens with zero attached hydrogens (tertiary/aromatic N) is 1. The highest BCUT2D eigenvalue weighted by Crippen LogP contribution is 2.24. The van der Waals surface area contributed by atoms with Crippen LogP contribution in [0.15, 0.2) is 29.2 Å². The van der Waals surface area contributed by atoms with Crippen molar-refractivity contribution in [3.8, 4) is 17.6 Å². The second-order valence-electron chi connectivity index (χ2n) is 5.87. The summed E-state index contributed by atoms with van der Waals surface area (Å²) in [5.41, 5.74) is 0. The zero-order valence-electron chi connectivity index (χ0n) is 15.1. The number of alkyl halides is 1. The quantitative estimate of drug-likeness (QED) is 0.481. The summed E-state index contributed by atoms with van der Waals surface area (Å²) >= 11 is 5.69. The number of ether oxygens (including phenoxy) is 1. The second kappa shape index (κ2) is 10.4. The lowest BCUT2D eigenvalue weighted by Crippen LogP contribution is -2.48. The molecule has 0 aromatic heterocycles. The molecule has 1 atom stereocenters. The topological polar surface area (TPSA) is 83.9 Å². The molecule has 0 bridgehead atoms. The summed E-state index contributed by atoms with van der Waals surface area (Å²) < 4.78 is 32.4. The highest BCUT2D eigenvalue weighted by Gasteiger charge is 2.37. The molecule has 1 aromatic carbocycles. The van der Waals surface area contributed by atoms with Gasteiger partial charge in [0.25, 0.3) is 0 Å². The van der Waals surface area contributed by atoms with Crippen LogP contribution in [-0.4, -0.2) is 48.9 Å². The van der Waals surface area contributed by atoms with Crippen LogP contribution in [0, 0.1) is 17.8 Å². The molecule has 1 N–H and O–H groups in total. The highest BCUT2D eigenvalue weighted by atomic mass is 35.5. The van der Waals surface area contributed by atoms with Gasteiger partial charge in [-0.25, -0.2) is 8.42 Å². The summed E-state index contributed by atoms with van der Waals surface area (Å²) in [5, 5.41) is 9.52. The molecule has 1 unspecified atom stereocenters. The van der Waals surface area contributed by atoms with Crippen molar-refractivity contribution in [2.45, 2.75) is 38.1 Å². The van der Waals surface area contributed by atoms with Gasteiger partial charge in [0, 0.05) is 12.4 Å². The van der Waals surface area contributed by atoms with E-state index in [0.29, 0.717) is 12.2 Å². The molecule has 0 saturated carbocycles. The van der Waals surface area contributed by atoms with Crippen LogP contribution in [-0.2, 0) is 14.8 Å². The number of sulfonamides is 1. The molecule has 0 radical (unpaired) electrons. The molecule has 0 aliphatic carbocycles. The van der Waals surface area contributed by atoms with Gasteiger partial charge < -0.3 is 9.84 Å². The Kier molecular flexibility index (Phi) is 8.93. The Morgan fingerprint density at radius 1 is 1.31 bits per heavy atom. The number of aliphatic carboxylic acids is 1. The van der Waals surface area contributed by atoms with Gasteiger partial charge in [-0.3, -0.25) is 4.79 Å². The average molecular weight is 402 g/mol. The second-order valence-corrected chi connectivity index (χ2v) is 8.14. The van der Waals surface area contributed by atoms with Crippen LogP contribution in [0.5, 0.6) is 5.75 Å². The van der Waals surface area contributed by atoms with Crippen molar-refractivity contribution in [2.24, 2.45) is 5.92 Å². The van der Waals surface area contributed by atoms with Crippen molar-refractivity contribution in [2.75, 3.05) is 19.0 Å². The SMILES string of the molecule is CC#CCOc1ccc(S(=O)(=O)N(CCCCl)C(C(=O)O)C(C)C)cc1. The summed E-state index contributed by atoms with van der Waals surface area (Å²) in [6, 6.07) is 4.68. The van der Waals surface area contributed by atoms with E-state index in [4.69, 9.17) is 16.3 Å². The minimum Gasteiger partial charge on any atom is -0.481 e. The molecule has 0 saturated heterocycles. The van der Waals surface area contributed by atoms with E-state index < -0.39 is 28.0 Å². The van der Waals surface area contributed by atoms with E-state index in [2.05, 4.69) is 11.8 Å². The maximum absolute atomic E-state index is 13.0. The number of hydrogen-bond acceptors (Lipinski definition) is 4. The van der Waals surface area contributed by atoms with Crippen LogP contribution in [0.4, 0.5) is 0 Å². The number of carbonyl (C=O) groups is 1. The predicted octanol–water partition coefficient (Wildman–Crippen LogP) is 2.82. The summed E-state index contributed by atoms with van der Waals surface area (Å²) in [4.78, 5) is 11.7. The average Bonchev–Trinajstić information content (AvgIpc) is 2.58. The molecule has 8 heteroatoms. The van der Waals surface area contributed by atoms with Crippen molar-refractivity contribution in [1.29, 1.82) is 0 Å². The Bertz CT molecular complexity index is 750. The smallest absolute Gasteiger partial charge is 0.322 e. The maximum atomic E-state index is 13.0. The Hall–Kier alpha value is -1.75. The predicted molar refractivity (Wildman–Crippen MR) is 101 cm³/mol. The number of carboxylic acids is 1. The van der Waals surface area contributed by atoms with E-state index in [-0.39, 0.29) is 23.9 Å². The summed E-state index contributed by atoms with van der Waals surface area (Å²) in [6.45, 7) is 5.29. The van der Waals surface area contributed by atoms with Gasteiger partial charge in [-0.2, -0.15) is 4.31 Å². The molecule has 0 aliphatic rings. The molecule has 0 amide bonds. The molecule has 0 aliphatic heterocycles. The van der Waals surface area contributed by atoms with Gasteiger partial charge >= 0.3 is 5.97 Å². The largest absolute Gasteiger partial charge is 0.481 e. The zero-order chi connectivity index (χ0) is 19.7. The van der Waals surface area contributed by atoms with E-state index in [0.717, 1.165) is 4.31 Å². The maximum Gasteiger partial charge on any atom is 0.322 e. The van der Waals surface area contributed by atoms with Crippen molar-refractivity contribution < 1.29 is 23.1 Å². The van der Waals surface area contributed by atoms with E-state index in [1.54, 1.807) is 20.8 Å². The first-order chi connectivity index (χ1) is 12.3. The Labute approximate surface area is 160 Å². The van der Waals surface area contributed by atoms with Crippen molar-refractivity contribution in [3.05, 3.63) is 24.3 Å². The molecule has 6 nitrogen and oxygen atoms in total. The van der Waals surface area contributed by atoms with Crippen molar-refractivity contribution in [3.63, 3.8) is 0 Å². The van der Waals surface area contributed by atoms with Gasteiger partial charge in [0.2, 0.25) is 10.0 Å². The van der Waals surface area contributed by atoms with Gasteiger partial charge in [0.05, 0.1) is 4.90 Å². The molecule has 1 aromatic rings. The summed E-state index contributed by atoms with van der Waals surface area (Å²) in [5.74, 6) is 4.59. The van der Waals surface area contributed by atoms with Crippen molar-refractivity contribution >= 4 is 27.6 Å². The monoisotopic (exact) mass is 401 g/mol. The van der Waals surface area contributed by atoms with Gasteiger partial charge in [-0.1, -0.05) is 19.8 Å². The van der Waals surface area contributed by atoms with Crippen LogP contribution >= 0.6 is 11.6 Å². The lowest BCUT2D eigenvalue weighted by atomic mass is 10.0. The molecule has 1 rings (SSSR count).